The third kappa shape index (κ3) is 3.47. The van der Waals surface area contributed by atoms with Crippen LogP contribution < -0.4 is 0 Å². The first kappa shape index (κ1) is 14.8. The summed E-state index contributed by atoms with van der Waals surface area (Å²) in [5.74, 6) is 0.757. The quantitative estimate of drug-likeness (QED) is 0.627. The highest BCUT2D eigenvalue weighted by Crippen LogP contribution is 2.32. The van der Waals surface area contributed by atoms with Crippen molar-refractivity contribution < 1.29 is 0 Å². The lowest BCUT2D eigenvalue weighted by Gasteiger charge is -2.18. The van der Waals surface area contributed by atoms with Gasteiger partial charge in [0.2, 0.25) is 0 Å². The largest absolute Gasteiger partial charge is 0.232 e. The molecule has 2 aromatic rings. The zero-order valence-electron chi connectivity index (χ0n) is 10.8. The van der Waals surface area contributed by atoms with Crippen molar-refractivity contribution >= 4 is 39.1 Å². The summed E-state index contributed by atoms with van der Waals surface area (Å²) in [5.41, 5.74) is 1.44. The van der Waals surface area contributed by atoms with Crippen LogP contribution in [0.1, 0.15) is 26.6 Å². The molecule has 100 valence electrons. The van der Waals surface area contributed by atoms with Crippen molar-refractivity contribution in [3.05, 3.63) is 44.7 Å². The van der Waals surface area contributed by atoms with Gasteiger partial charge in [-0.2, -0.15) is 0 Å². The van der Waals surface area contributed by atoms with Crippen LogP contribution in [0.3, 0.4) is 0 Å². The molecule has 0 N–H and O–H groups in total. The Morgan fingerprint density at radius 3 is 2.37 bits per heavy atom. The van der Waals surface area contributed by atoms with Gasteiger partial charge >= 0.3 is 0 Å². The van der Waals surface area contributed by atoms with Crippen molar-refractivity contribution in [1.82, 2.24) is 9.97 Å². The van der Waals surface area contributed by atoms with E-state index >= 15 is 0 Å². The molecule has 0 bridgehead atoms. The number of hydrogen-bond donors (Lipinski definition) is 0. The summed E-state index contributed by atoms with van der Waals surface area (Å²) in [7, 11) is 0. The highest BCUT2D eigenvalue weighted by atomic mass is 79.9. The third-order valence-corrected chi connectivity index (χ3v) is 3.54. The maximum Gasteiger partial charge on any atom is 0.135 e. The van der Waals surface area contributed by atoms with E-state index < -0.39 is 0 Å². The lowest BCUT2D eigenvalue weighted by molar-refractivity contribution is 0.544. The molecule has 19 heavy (non-hydrogen) atoms. The minimum absolute atomic E-state index is 0.135. The van der Waals surface area contributed by atoms with E-state index in [1.807, 2.05) is 12.1 Å². The Kier molecular flexibility index (Phi) is 4.19. The van der Waals surface area contributed by atoms with Crippen LogP contribution in [0.25, 0.3) is 11.3 Å². The Balaban J connectivity index is 2.63. The Morgan fingerprint density at radius 1 is 1.05 bits per heavy atom. The van der Waals surface area contributed by atoms with Crippen molar-refractivity contribution in [1.29, 1.82) is 0 Å². The predicted molar refractivity (Wildman–Crippen MR) is 83.9 cm³/mol. The Hall–Kier alpha value is -0.640. The molecule has 0 unspecified atom stereocenters. The van der Waals surface area contributed by atoms with Gasteiger partial charge in [0, 0.05) is 16.0 Å². The standard InChI is InChI=1S/C14H13BrCl2N2/c1-14(2,3)13-18-11(7-12(15)19-13)9-6-8(16)4-5-10(9)17/h4-7H,1-3H3. The van der Waals surface area contributed by atoms with E-state index in [0.717, 1.165) is 21.7 Å². The third-order valence-electron chi connectivity index (χ3n) is 2.57. The molecule has 0 aliphatic heterocycles. The zero-order chi connectivity index (χ0) is 14.2. The maximum atomic E-state index is 6.22. The van der Waals surface area contributed by atoms with Gasteiger partial charge in [0.25, 0.3) is 0 Å². The monoisotopic (exact) mass is 358 g/mol. The number of nitrogens with zero attached hydrogens (tertiary/aromatic N) is 2. The summed E-state index contributed by atoms with van der Waals surface area (Å²) in [6.45, 7) is 6.20. The Morgan fingerprint density at radius 2 is 1.74 bits per heavy atom. The molecule has 0 spiro atoms. The SMILES string of the molecule is CC(C)(C)c1nc(Br)cc(-c2cc(Cl)ccc2Cl)n1. The van der Waals surface area contributed by atoms with Gasteiger partial charge in [-0.05, 0) is 40.2 Å². The molecule has 0 amide bonds. The highest BCUT2D eigenvalue weighted by Gasteiger charge is 2.19. The minimum atomic E-state index is -0.135. The van der Waals surface area contributed by atoms with Crippen LogP contribution in [-0.2, 0) is 5.41 Å². The van der Waals surface area contributed by atoms with E-state index in [1.165, 1.54) is 0 Å². The fraction of sp³-hybridized carbons (Fsp3) is 0.286. The lowest BCUT2D eigenvalue weighted by atomic mass is 9.95. The summed E-state index contributed by atoms with van der Waals surface area (Å²) in [4.78, 5) is 9.01. The molecule has 1 heterocycles. The van der Waals surface area contributed by atoms with Crippen LogP contribution in [0, 0.1) is 0 Å². The Labute approximate surface area is 131 Å². The van der Waals surface area contributed by atoms with Crippen LogP contribution in [0.2, 0.25) is 10.0 Å². The summed E-state index contributed by atoms with van der Waals surface area (Å²) in [6.07, 6.45) is 0. The van der Waals surface area contributed by atoms with Crippen LogP contribution >= 0.6 is 39.1 Å². The molecule has 5 heteroatoms. The molecule has 0 aliphatic carbocycles. The summed E-state index contributed by atoms with van der Waals surface area (Å²) in [5, 5.41) is 1.25. The topological polar surface area (TPSA) is 25.8 Å². The van der Waals surface area contributed by atoms with E-state index in [1.54, 1.807) is 12.1 Å². The van der Waals surface area contributed by atoms with Crippen molar-refractivity contribution in [2.75, 3.05) is 0 Å². The van der Waals surface area contributed by atoms with Gasteiger partial charge in [-0.1, -0.05) is 44.0 Å². The number of aromatic nitrogens is 2. The number of rotatable bonds is 1. The van der Waals surface area contributed by atoms with Gasteiger partial charge in [-0.3, -0.25) is 0 Å². The molecule has 0 radical (unpaired) electrons. The molecular formula is C14H13BrCl2N2. The fourth-order valence-electron chi connectivity index (χ4n) is 1.58. The molecule has 0 saturated heterocycles. The molecule has 2 rings (SSSR count). The van der Waals surface area contributed by atoms with Gasteiger partial charge < -0.3 is 0 Å². The zero-order valence-corrected chi connectivity index (χ0v) is 13.9. The Bertz CT molecular complexity index is 621. The molecule has 2 nitrogen and oxygen atoms in total. The van der Waals surface area contributed by atoms with Crippen LogP contribution in [-0.4, -0.2) is 9.97 Å². The average molecular weight is 360 g/mol. The molecule has 0 atom stereocenters. The first-order valence-corrected chi connectivity index (χ1v) is 7.33. The number of hydrogen-bond acceptors (Lipinski definition) is 2. The molecule has 0 saturated carbocycles. The maximum absolute atomic E-state index is 6.22. The van der Waals surface area contributed by atoms with Crippen LogP contribution in [0.4, 0.5) is 0 Å². The predicted octanol–water partition coefficient (Wildman–Crippen LogP) is 5.51. The van der Waals surface area contributed by atoms with E-state index in [0.29, 0.717) is 10.0 Å². The van der Waals surface area contributed by atoms with Gasteiger partial charge in [0.05, 0.1) is 10.7 Å². The van der Waals surface area contributed by atoms with Gasteiger partial charge in [-0.15, -0.1) is 0 Å². The second-order valence-electron chi connectivity index (χ2n) is 5.27. The van der Waals surface area contributed by atoms with E-state index in [-0.39, 0.29) is 5.41 Å². The van der Waals surface area contributed by atoms with Crippen molar-refractivity contribution in [2.45, 2.75) is 26.2 Å². The second kappa shape index (κ2) is 5.39. The van der Waals surface area contributed by atoms with E-state index in [4.69, 9.17) is 23.2 Å². The van der Waals surface area contributed by atoms with Gasteiger partial charge in [-0.25, -0.2) is 9.97 Å². The highest BCUT2D eigenvalue weighted by molar-refractivity contribution is 9.10. The lowest BCUT2D eigenvalue weighted by Crippen LogP contribution is -2.16. The average Bonchev–Trinajstić information content (AvgIpc) is 2.30. The molecule has 0 aliphatic rings. The van der Waals surface area contributed by atoms with Crippen molar-refractivity contribution in [2.24, 2.45) is 0 Å². The number of halogens is 3. The summed E-state index contributed by atoms with van der Waals surface area (Å²) >= 11 is 15.7. The van der Waals surface area contributed by atoms with E-state index in [9.17, 15) is 0 Å². The molecule has 1 aromatic heterocycles. The normalized spacial score (nSPS) is 11.7. The fourth-order valence-corrected chi connectivity index (χ4v) is 2.36. The van der Waals surface area contributed by atoms with Crippen molar-refractivity contribution in [3.8, 4) is 11.3 Å². The molecule has 0 fully saturated rings. The second-order valence-corrected chi connectivity index (χ2v) is 6.93. The first-order chi connectivity index (χ1) is 8.77. The van der Waals surface area contributed by atoms with Crippen molar-refractivity contribution in [3.63, 3.8) is 0 Å². The van der Waals surface area contributed by atoms with Gasteiger partial charge in [0.15, 0.2) is 0 Å². The number of benzene rings is 1. The smallest absolute Gasteiger partial charge is 0.135 e. The first-order valence-electron chi connectivity index (χ1n) is 5.78. The van der Waals surface area contributed by atoms with Crippen LogP contribution in [0.15, 0.2) is 28.9 Å². The van der Waals surface area contributed by atoms with Gasteiger partial charge in [0.1, 0.15) is 10.4 Å². The summed E-state index contributed by atoms with van der Waals surface area (Å²) in [6, 6.07) is 7.18. The molecule has 1 aromatic carbocycles. The molecular weight excluding hydrogens is 347 g/mol. The van der Waals surface area contributed by atoms with E-state index in [2.05, 4.69) is 46.7 Å². The minimum Gasteiger partial charge on any atom is -0.232 e. The van der Waals surface area contributed by atoms with Crippen LogP contribution in [0.5, 0.6) is 0 Å². The summed E-state index contributed by atoms with van der Waals surface area (Å²) < 4.78 is 0.735.